The minimum Gasteiger partial charge on any atom is -0.469 e. The van der Waals surface area contributed by atoms with Crippen LogP contribution in [0.1, 0.15) is 21.7 Å². The fraction of sp³-hybridized carbons (Fsp3) is 0.400. The van der Waals surface area contributed by atoms with E-state index in [-0.39, 0.29) is 18.3 Å². The van der Waals surface area contributed by atoms with Crippen LogP contribution in [0.5, 0.6) is 0 Å². The van der Waals surface area contributed by atoms with Gasteiger partial charge >= 0.3 is 5.97 Å². The fourth-order valence-corrected chi connectivity index (χ4v) is 1.91. The SMILES string of the molecule is COC(=O)CCNC(=O)c1sccc1C. The highest BCUT2D eigenvalue weighted by Gasteiger charge is 2.10. The highest BCUT2D eigenvalue weighted by atomic mass is 32.1. The first-order valence-corrected chi connectivity index (χ1v) is 5.42. The van der Waals surface area contributed by atoms with Gasteiger partial charge in [-0.3, -0.25) is 9.59 Å². The second-order valence-electron chi connectivity index (χ2n) is 3.01. The summed E-state index contributed by atoms with van der Waals surface area (Å²) >= 11 is 1.39. The largest absolute Gasteiger partial charge is 0.469 e. The van der Waals surface area contributed by atoms with Gasteiger partial charge in [0.2, 0.25) is 0 Å². The summed E-state index contributed by atoms with van der Waals surface area (Å²) in [4.78, 5) is 23.0. The van der Waals surface area contributed by atoms with Crippen molar-refractivity contribution >= 4 is 23.2 Å². The molecule has 1 aromatic heterocycles. The molecule has 1 aromatic rings. The summed E-state index contributed by atoms with van der Waals surface area (Å²) < 4.78 is 4.46. The van der Waals surface area contributed by atoms with Gasteiger partial charge in [0.25, 0.3) is 5.91 Å². The van der Waals surface area contributed by atoms with Crippen molar-refractivity contribution in [3.63, 3.8) is 0 Å². The molecule has 0 fully saturated rings. The van der Waals surface area contributed by atoms with Crippen LogP contribution in [0.2, 0.25) is 0 Å². The summed E-state index contributed by atoms with van der Waals surface area (Å²) in [7, 11) is 1.33. The molecule has 1 rings (SSSR count). The van der Waals surface area contributed by atoms with Crippen molar-refractivity contribution in [1.82, 2.24) is 5.32 Å². The lowest BCUT2D eigenvalue weighted by molar-refractivity contribution is -0.140. The molecule has 0 aliphatic rings. The highest BCUT2D eigenvalue weighted by molar-refractivity contribution is 7.12. The normalized spacial score (nSPS) is 9.73. The number of ether oxygens (including phenoxy) is 1. The predicted octanol–water partition coefficient (Wildman–Crippen LogP) is 1.35. The van der Waals surface area contributed by atoms with E-state index in [0.717, 1.165) is 5.56 Å². The van der Waals surface area contributed by atoms with Crippen LogP contribution in [-0.4, -0.2) is 25.5 Å². The number of rotatable bonds is 4. The summed E-state index contributed by atoms with van der Waals surface area (Å²) in [6.45, 7) is 2.19. The smallest absolute Gasteiger partial charge is 0.307 e. The molecule has 0 aliphatic heterocycles. The van der Waals surface area contributed by atoms with Crippen LogP contribution in [0.4, 0.5) is 0 Å². The predicted molar refractivity (Wildman–Crippen MR) is 58.0 cm³/mol. The van der Waals surface area contributed by atoms with E-state index in [2.05, 4.69) is 10.1 Å². The van der Waals surface area contributed by atoms with Crippen molar-refractivity contribution in [2.75, 3.05) is 13.7 Å². The van der Waals surface area contributed by atoms with Crippen LogP contribution in [0.3, 0.4) is 0 Å². The lowest BCUT2D eigenvalue weighted by atomic mass is 10.3. The molecule has 0 aliphatic carbocycles. The Labute approximate surface area is 92.2 Å². The number of thiophene rings is 1. The summed E-state index contributed by atoms with van der Waals surface area (Å²) in [5.74, 6) is -0.454. The molecule has 0 saturated carbocycles. The monoisotopic (exact) mass is 227 g/mol. The van der Waals surface area contributed by atoms with Gasteiger partial charge in [0.05, 0.1) is 18.4 Å². The van der Waals surface area contributed by atoms with E-state index in [9.17, 15) is 9.59 Å². The maximum Gasteiger partial charge on any atom is 0.307 e. The van der Waals surface area contributed by atoms with Gasteiger partial charge in [0, 0.05) is 6.54 Å². The average molecular weight is 227 g/mol. The summed E-state index contributed by atoms with van der Waals surface area (Å²) in [6, 6.07) is 1.89. The van der Waals surface area contributed by atoms with E-state index < -0.39 is 0 Å². The number of carbonyl (C=O) groups is 2. The molecule has 1 amide bonds. The molecule has 0 bridgehead atoms. The zero-order valence-corrected chi connectivity index (χ0v) is 9.52. The van der Waals surface area contributed by atoms with Crippen molar-refractivity contribution < 1.29 is 14.3 Å². The Bertz CT molecular complexity index is 359. The second-order valence-corrected chi connectivity index (χ2v) is 3.93. The average Bonchev–Trinajstić information content (AvgIpc) is 2.64. The standard InChI is InChI=1S/C10H13NO3S/c1-7-4-6-15-9(7)10(13)11-5-3-8(12)14-2/h4,6H,3,5H2,1-2H3,(H,11,13). The molecule has 1 heterocycles. The van der Waals surface area contributed by atoms with Crippen molar-refractivity contribution in [3.8, 4) is 0 Å². The van der Waals surface area contributed by atoms with Crippen LogP contribution in [0.25, 0.3) is 0 Å². The van der Waals surface area contributed by atoms with Gasteiger partial charge in [-0.2, -0.15) is 0 Å². The minimum absolute atomic E-state index is 0.133. The molecule has 0 spiro atoms. The molecule has 1 N–H and O–H groups in total. The van der Waals surface area contributed by atoms with Gasteiger partial charge in [-0.25, -0.2) is 0 Å². The number of hydrogen-bond donors (Lipinski definition) is 1. The Morgan fingerprint density at radius 1 is 1.53 bits per heavy atom. The van der Waals surface area contributed by atoms with Crippen molar-refractivity contribution in [2.45, 2.75) is 13.3 Å². The molecule has 0 atom stereocenters. The second kappa shape index (κ2) is 5.50. The number of esters is 1. The quantitative estimate of drug-likeness (QED) is 0.790. The van der Waals surface area contributed by atoms with Gasteiger partial charge in [-0.1, -0.05) is 0 Å². The van der Waals surface area contributed by atoms with E-state index in [1.807, 2.05) is 18.4 Å². The highest BCUT2D eigenvalue weighted by Crippen LogP contribution is 2.14. The van der Waals surface area contributed by atoms with Crippen LogP contribution in [0, 0.1) is 6.92 Å². The Hall–Kier alpha value is -1.36. The molecule has 0 radical (unpaired) electrons. The van der Waals surface area contributed by atoms with Crippen molar-refractivity contribution in [2.24, 2.45) is 0 Å². The zero-order chi connectivity index (χ0) is 11.3. The third-order valence-electron chi connectivity index (χ3n) is 1.91. The zero-order valence-electron chi connectivity index (χ0n) is 8.70. The Kier molecular flexibility index (Phi) is 4.30. The van der Waals surface area contributed by atoms with Crippen LogP contribution in [0.15, 0.2) is 11.4 Å². The number of carbonyl (C=O) groups excluding carboxylic acids is 2. The first-order chi connectivity index (χ1) is 7.15. The third kappa shape index (κ3) is 3.36. The Morgan fingerprint density at radius 2 is 2.27 bits per heavy atom. The van der Waals surface area contributed by atoms with E-state index in [0.29, 0.717) is 11.4 Å². The Balaban J connectivity index is 2.38. The van der Waals surface area contributed by atoms with Gasteiger partial charge in [0.15, 0.2) is 0 Å². The van der Waals surface area contributed by atoms with Crippen LogP contribution in [-0.2, 0) is 9.53 Å². The van der Waals surface area contributed by atoms with Gasteiger partial charge < -0.3 is 10.1 Å². The molecule has 0 saturated heterocycles. The third-order valence-corrected chi connectivity index (χ3v) is 2.93. The van der Waals surface area contributed by atoms with E-state index >= 15 is 0 Å². The first kappa shape index (κ1) is 11.7. The topological polar surface area (TPSA) is 55.4 Å². The molecular formula is C10H13NO3S. The van der Waals surface area contributed by atoms with E-state index in [4.69, 9.17) is 0 Å². The van der Waals surface area contributed by atoms with Gasteiger partial charge in [-0.15, -0.1) is 11.3 Å². The molecule has 4 nitrogen and oxygen atoms in total. The first-order valence-electron chi connectivity index (χ1n) is 4.54. The molecule has 82 valence electrons. The van der Waals surface area contributed by atoms with Gasteiger partial charge in [-0.05, 0) is 23.9 Å². The van der Waals surface area contributed by atoms with Gasteiger partial charge in [0.1, 0.15) is 0 Å². The Morgan fingerprint density at radius 3 is 2.80 bits per heavy atom. The molecule has 0 aromatic carbocycles. The number of hydrogen-bond acceptors (Lipinski definition) is 4. The molecule has 15 heavy (non-hydrogen) atoms. The summed E-state index contributed by atoms with van der Waals surface area (Å²) in [5.41, 5.74) is 0.954. The number of nitrogens with one attached hydrogen (secondary N) is 1. The molecule has 0 unspecified atom stereocenters. The lowest BCUT2D eigenvalue weighted by Crippen LogP contribution is -2.26. The number of amides is 1. The number of aryl methyl sites for hydroxylation is 1. The van der Waals surface area contributed by atoms with E-state index in [1.54, 1.807) is 0 Å². The molecule has 5 heteroatoms. The van der Waals surface area contributed by atoms with E-state index in [1.165, 1.54) is 18.4 Å². The lowest BCUT2D eigenvalue weighted by Gasteiger charge is -2.03. The van der Waals surface area contributed by atoms with Crippen molar-refractivity contribution in [3.05, 3.63) is 21.9 Å². The summed E-state index contributed by atoms with van der Waals surface area (Å²) in [6.07, 6.45) is 0.201. The summed E-state index contributed by atoms with van der Waals surface area (Å²) in [5, 5.41) is 4.53. The van der Waals surface area contributed by atoms with Crippen LogP contribution < -0.4 is 5.32 Å². The van der Waals surface area contributed by atoms with Crippen LogP contribution >= 0.6 is 11.3 Å². The molecular weight excluding hydrogens is 214 g/mol. The maximum atomic E-state index is 11.5. The minimum atomic E-state index is -0.321. The number of methoxy groups -OCH3 is 1. The maximum absolute atomic E-state index is 11.5. The van der Waals surface area contributed by atoms with Crippen molar-refractivity contribution in [1.29, 1.82) is 0 Å². The fourth-order valence-electron chi connectivity index (χ4n) is 1.07.